The number of rotatable bonds is 14. The third-order valence-corrected chi connectivity index (χ3v) is 8.33. The molecule has 1 aliphatic carbocycles. The number of nitrogens with one attached hydrogen (secondary N) is 1. The van der Waals surface area contributed by atoms with E-state index in [1.54, 1.807) is 0 Å². The molecule has 3 rings (SSSR count). The number of aryl methyl sites for hydroxylation is 2. The normalized spacial score (nSPS) is 15.8. The van der Waals surface area contributed by atoms with E-state index >= 15 is 0 Å². The summed E-state index contributed by atoms with van der Waals surface area (Å²) in [6, 6.07) is 14.6. The number of carboxylic acids is 1. The van der Waals surface area contributed by atoms with Gasteiger partial charge in [-0.05, 0) is 80.8 Å². The van der Waals surface area contributed by atoms with E-state index in [2.05, 4.69) is 49.3 Å². The summed E-state index contributed by atoms with van der Waals surface area (Å²) in [5, 5.41) is 12.3. The van der Waals surface area contributed by atoms with Crippen LogP contribution in [0.15, 0.2) is 42.5 Å². The molecule has 0 saturated heterocycles. The molecule has 1 fully saturated rings. The maximum absolute atomic E-state index is 13.3. The van der Waals surface area contributed by atoms with Crippen molar-refractivity contribution in [1.82, 2.24) is 10.2 Å². The topological polar surface area (TPSA) is 69.6 Å². The monoisotopic (exact) mass is 520 g/mol. The van der Waals surface area contributed by atoms with E-state index in [4.69, 9.17) is 0 Å². The van der Waals surface area contributed by atoms with Gasteiger partial charge < -0.3 is 15.3 Å². The van der Waals surface area contributed by atoms with Crippen LogP contribution < -0.4 is 5.32 Å². The first-order chi connectivity index (χ1) is 18.3. The molecule has 5 heteroatoms. The van der Waals surface area contributed by atoms with Crippen molar-refractivity contribution in [3.8, 4) is 11.1 Å². The van der Waals surface area contributed by atoms with Gasteiger partial charge in [-0.3, -0.25) is 4.79 Å². The van der Waals surface area contributed by atoms with Crippen molar-refractivity contribution in [2.45, 2.75) is 116 Å². The molecule has 1 saturated carbocycles. The number of nitrogens with zero attached hydrogens (tertiary/aromatic N) is 1. The summed E-state index contributed by atoms with van der Waals surface area (Å²) in [7, 11) is 2.33. The SMILES string of the molecule is CCCCC(CCc1ccc(C(=O)N[C@@H](CCC)C(=O)O)c(-c2ccccc2C)c1)N(C)C1CCCCC1. The van der Waals surface area contributed by atoms with E-state index in [1.165, 1.54) is 56.9 Å². The van der Waals surface area contributed by atoms with Gasteiger partial charge in [0.1, 0.15) is 6.04 Å². The van der Waals surface area contributed by atoms with Crippen molar-refractivity contribution in [1.29, 1.82) is 0 Å². The molecule has 0 aromatic heterocycles. The number of hydrogen-bond acceptors (Lipinski definition) is 3. The lowest BCUT2D eigenvalue weighted by atomic mass is 9.90. The van der Waals surface area contributed by atoms with Crippen LogP contribution in [0.3, 0.4) is 0 Å². The average molecular weight is 521 g/mol. The zero-order valence-corrected chi connectivity index (χ0v) is 24.0. The Labute approximate surface area is 230 Å². The maximum Gasteiger partial charge on any atom is 0.326 e. The van der Waals surface area contributed by atoms with Gasteiger partial charge >= 0.3 is 5.97 Å². The number of carboxylic acid groups (broad SMARTS) is 1. The molecule has 2 aromatic carbocycles. The fraction of sp³-hybridized carbons (Fsp3) is 0.576. The number of carbonyl (C=O) groups excluding carboxylic acids is 1. The molecule has 0 aliphatic heterocycles. The second kappa shape index (κ2) is 15.1. The molecule has 0 radical (unpaired) electrons. The van der Waals surface area contributed by atoms with E-state index in [-0.39, 0.29) is 5.91 Å². The minimum atomic E-state index is -0.991. The molecule has 5 nitrogen and oxygen atoms in total. The second-order valence-electron chi connectivity index (χ2n) is 11.1. The van der Waals surface area contributed by atoms with Gasteiger partial charge in [0.2, 0.25) is 0 Å². The Kier molecular flexibility index (Phi) is 11.8. The van der Waals surface area contributed by atoms with Gasteiger partial charge in [-0.25, -0.2) is 4.79 Å². The van der Waals surface area contributed by atoms with Crippen LogP contribution in [0.2, 0.25) is 0 Å². The maximum atomic E-state index is 13.3. The molecule has 2 aromatic rings. The summed E-state index contributed by atoms with van der Waals surface area (Å²) in [6.45, 7) is 6.25. The van der Waals surface area contributed by atoms with E-state index in [1.807, 2.05) is 31.2 Å². The van der Waals surface area contributed by atoms with Crippen molar-refractivity contribution in [3.63, 3.8) is 0 Å². The Morgan fingerprint density at radius 2 is 1.71 bits per heavy atom. The van der Waals surface area contributed by atoms with Crippen LogP contribution in [0.5, 0.6) is 0 Å². The highest BCUT2D eigenvalue weighted by atomic mass is 16.4. The second-order valence-corrected chi connectivity index (χ2v) is 11.1. The third kappa shape index (κ3) is 8.17. The number of aliphatic carboxylic acids is 1. The van der Waals surface area contributed by atoms with E-state index in [0.29, 0.717) is 30.5 Å². The van der Waals surface area contributed by atoms with Crippen LogP contribution in [-0.2, 0) is 11.2 Å². The van der Waals surface area contributed by atoms with Gasteiger partial charge in [0, 0.05) is 17.6 Å². The molecular formula is C33H48N2O3. The Bertz CT molecular complexity index is 1040. The molecule has 0 bridgehead atoms. The van der Waals surface area contributed by atoms with Crippen LogP contribution >= 0.6 is 0 Å². The van der Waals surface area contributed by atoms with Crippen LogP contribution in [-0.4, -0.2) is 47.1 Å². The number of amides is 1. The summed E-state index contributed by atoms with van der Waals surface area (Å²) in [4.78, 5) is 27.7. The van der Waals surface area contributed by atoms with Crippen molar-refractivity contribution in [3.05, 3.63) is 59.2 Å². The Hall–Kier alpha value is -2.66. The number of unbranched alkanes of at least 4 members (excludes halogenated alkanes) is 1. The fourth-order valence-corrected chi connectivity index (χ4v) is 5.94. The average Bonchev–Trinajstić information content (AvgIpc) is 2.93. The first-order valence-corrected chi connectivity index (χ1v) is 14.8. The van der Waals surface area contributed by atoms with E-state index in [9.17, 15) is 14.7 Å². The molecule has 38 heavy (non-hydrogen) atoms. The largest absolute Gasteiger partial charge is 0.480 e. The smallest absolute Gasteiger partial charge is 0.326 e. The van der Waals surface area contributed by atoms with Crippen LogP contribution in [0.25, 0.3) is 11.1 Å². The predicted molar refractivity (Wildman–Crippen MR) is 157 cm³/mol. The molecule has 2 atom stereocenters. The summed E-state index contributed by atoms with van der Waals surface area (Å²) >= 11 is 0. The third-order valence-electron chi connectivity index (χ3n) is 8.33. The number of hydrogen-bond donors (Lipinski definition) is 2. The molecular weight excluding hydrogens is 472 g/mol. The Morgan fingerprint density at radius 1 is 0.974 bits per heavy atom. The van der Waals surface area contributed by atoms with Gasteiger partial charge in [-0.2, -0.15) is 0 Å². The lowest BCUT2D eigenvalue weighted by molar-refractivity contribution is -0.139. The van der Waals surface area contributed by atoms with Gasteiger partial charge in [-0.15, -0.1) is 0 Å². The summed E-state index contributed by atoms with van der Waals surface area (Å²) in [6.07, 6.45) is 13.5. The van der Waals surface area contributed by atoms with Crippen molar-refractivity contribution < 1.29 is 14.7 Å². The van der Waals surface area contributed by atoms with Gasteiger partial charge in [-0.1, -0.05) is 88.8 Å². The standard InChI is InChI=1S/C33H48N2O3/c1-5-7-15-27(35(4)26-16-9-8-10-17-26)21-19-25-20-22-29(32(36)34-31(13-6-2)33(37)38)30(23-25)28-18-12-11-14-24(28)3/h11-12,14,18,20,22-23,26-27,31H,5-10,13,15-17,19,21H2,1-4H3,(H,34,36)(H,37,38)/t27?,31-/m0/s1. The van der Waals surface area contributed by atoms with Gasteiger partial charge in [0.25, 0.3) is 5.91 Å². The number of carbonyl (C=O) groups is 2. The summed E-state index contributed by atoms with van der Waals surface area (Å²) in [5.41, 5.74) is 4.75. The van der Waals surface area contributed by atoms with Crippen LogP contribution in [0.4, 0.5) is 0 Å². The molecule has 1 aliphatic rings. The van der Waals surface area contributed by atoms with Crippen LogP contribution in [0.1, 0.15) is 106 Å². The fourth-order valence-electron chi connectivity index (χ4n) is 5.94. The van der Waals surface area contributed by atoms with E-state index in [0.717, 1.165) is 29.5 Å². The highest BCUT2D eigenvalue weighted by Gasteiger charge is 2.25. The zero-order chi connectivity index (χ0) is 27.5. The lowest BCUT2D eigenvalue weighted by Crippen LogP contribution is -2.41. The predicted octanol–water partition coefficient (Wildman–Crippen LogP) is 7.40. The van der Waals surface area contributed by atoms with Crippen molar-refractivity contribution >= 4 is 11.9 Å². The lowest BCUT2D eigenvalue weighted by Gasteiger charge is -2.37. The molecule has 0 heterocycles. The van der Waals surface area contributed by atoms with Crippen molar-refractivity contribution in [2.24, 2.45) is 0 Å². The molecule has 2 N–H and O–H groups in total. The molecule has 208 valence electrons. The zero-order valence-electron chi connectivity index (χ0n) is 24.0. The molecule has 1 unspecified atom stereocenters. The first-order valence-electron chi connectivity index (χ1n) is 14.8. The minimum absolute atomic E-state index is 0.325. The Balaban J connectivity index is 1.85. The minimum Gasteiger partial charge on any atom is -0.480 e. The highest BCUT2D eigenvalue weighted by molar-refractivity contribution is 6.02. The summed E-state index contributed by atoms with van der Waals surface area (Å²) < 4.78 is 0. The van der Waals surface area contributed by atoms with Crippen LogP contribution in [0, 0.1) is 6.92 Å². The highest BCUT2D eigenvalue weighted by Crippen LogP contribution is 2.30. The molecule has 0 spiro atoms. The van der Waals surface area contributed by atoms with E-state index < -0.39 is 12.0 Å². The molecule has 1 amide bonds. The number of benzene rings is 2. The Morgan fingerprint density at radius 3 is 2.37 bits per heavy atom. The van der Waals surface area contributed by atoms with Gasteiger partial charge in [0.15, 0.2) is 0 Å². The van der Waals surface area contributed by atoms with Crippen molar-refractivity contribution in [2.75, 3.05) is 7.05 Å². The quantitative estimate of drug-likeness (QED) is 0.272. The summed E-state index contributed by atoms with van der Waals surface area (Å²) in [5.74, 6) is -1.32. The first kappa shape index (κ1) is 29.9. The van der Waals surface area contributed by atoms with Gasteiger partial charge in [0.05, 0.1) is 0 Å².